The maximum atomic E-state index is 11.7. The van der Waals surface area contributed by atoms with Gasteiger partial charge in [0.25, 0.3) is 5.91 Å². The summed E-state index contributed by atoms with van der Waals surface area (Å²) in [6.07, 6.45) is 0. The highest BCUT2D eigenvalue weighted by Gasteiger charge is 2.15. The molecular weight excluding hydrogens is 220 g/mol. The smallest absolute Gasteiger partial charge is 0.310 e. The molecule has 3 N–H and O–H groups in total. The molecule has 0 aromatic heterocycles. The van der Waals surface area contributed by atoms with Gasteiger partial charge in [-0.1, -0.05) is 19.1 Å². The van der Waals surface area contributed by atoms with Crippen molar-refractivity contribution in [2.24, 2.45) is 5.92 Å². The van der Waals surface area contributed by atoms with Gasteiger partial charge in [0.15, 0.2) is 0 Å². The zero-order valence-corrected chi connectivity index (χ0v) is 9.90. The Morgan fingerprint density at radius 3 is 2.65 bits per heavy atom. The highest BCUT2D eigenvalue weighted by atomic mass is 16.5. The maximum absolute atomic E-state index is 11.7. The van der Waals surface area contributed by atoms with Gasteiger partial charge in [0.2, 0.25) is 0 Å². The topological polar surface area (TPSA) is 81.4 Å². The first-order valence-electron chi connectivity index (χ1n) is 5.26. The monoisotopic (exact) mass is 236 g/mol. The van der Waals surface area contributed by atoms with Crippen LogP contribution in [0.25, 0.3) is 0 Å². The number of methoxy groups -OCH3 is 1. The third-order valence-electron chi connectivity index (χ3n) is 2.38. The SMILES string of the molecule is COC(=O)C(C)CNC(=O)c1ccccc1N. The van der Waals surface area contributed by atoms with E-state index in [1.807, 2.05) is 0 Å². The van der Waals surface area contributed by atoms with Gasteiger partial charge in [-0.05, 0) is 12.1 Å². The van der Waals surface area contributed by atoms with Crippen molar-refractivity contribution in [1.29, 1.82) is 0 Å². The standard InChI is InChI=1S/C12H16N2O3/c1-8(12(16)17-2)7-14-11(15)9-5-3-4-6-10(9)13/h3-6,8H,7,13H2,1-2H3,(H,14,15). The quantitative estimate of drug-likeness (QED) is 0.598. The van der Waals surface area contributed by atoms with E-state index in [1.165, 1.54) is 7.11 Å². The number of carbonyl (C=O) groups excluding carboxylic acids is 2. The molecule has 0 spiro atoms. The third-order valence-corrected chi connectivity index (χ3v) is 2.38. The van der Waals surface area contributed by atoms with E-state index in [0.29, 0.717) is 11.3 Å². The molecule has 17 heavy (non-hydrogen) atoms. The number of hydrogen-bond donors (Lipinski definition) is 2. The van der Waals surface area contributed by atoms with Gasteiger partial charge in [-0.2, -0.15) is 0 Å². The first-order chi connectivity index (χ1) is 8.06. The van der Waals surface area contributed by atoms with Crippen LogP contribution in [0.5, 0.6) is 0 Å². The van der Waals surface area contributed by atoms with Crippen LogP contribution in [0, 0.1) is 5.92 Å². The van der Waals surface area contributed by atoms with Gasteiger partial charge in [0.05, 0.1) is 18.6 Å². The minimum atomic E-state index is -0.381. The van der Waals surface area contributed by atoms with Crippen LogP contribution < -0.4 is 11.1 Å². The third kappa shape index (κ3) is 3.48. The van der Waals surface area contributed by atoms with Crippen LogP contribution in [-0.2, 0) is 9.53 Å². The lowest BCUT2D eigenvalue weighted by atomic mass is 10.1. The van der Waals surface area contributed by atoms with Crippen LogP contribution in [0.4, 0.5) is 5.69 Å². The maximum Gasteiger partial charge on any atom is 0.310 e. The molecule has 1 aromatic carbocycles. The van der Waals surface area contributed by atoms with Crippen molar-refractivity contribution >= 4 is 17.6 Å². The van der Waals surface area contributed by atoms with Gasteiger partial charge in [0, 0.05) is 12.2 Å². The van der Waals surface area contributed by atoms with E-state index in [0.717, 1.165) is 0 Å². The normalized spacial score (nSPS) is 11.6. The van der Waals surface area contributed by atoms with Crippen molar-refractivity contribution in [2.75, 3.05) is 19.4 Å². The molecule has 0 heterocycles. The number of ether oxygens (including phenoxy) is 1. The number of benzene rings is 1. The average Bonchev–Trinajstić information content (AvgIpc) is 2.35. The zero-order valence-electron chi connectivity index (χ0n) is 9.90. The van der Waals surface area contributed by atoms with Crippen LogP contribution in [0.1, 0.15) is 17.3 Å². The summed E-state index contributed by atoms with van der Waals surface area (Å²) in [6.45, 7) is 1.90. The van der Waals surface area contributed by atoms with Crippen molar-refractivity contribution in [1.82, 2.24) is 5.32 Å². The molecule has 0 aliphatic heterocycles. The van der Waals surface area contributed by atoms with Crippen LogP contribution in [0.2, 0.25) is 0 Å². The molecule has 1 unspecified atom stereocenters. The van der Waals surface area contributed by atoms with Crippen molar-refractivity contribution in [2.45, 2.75) is 6.92 Å². The molecule has 1 amide bonds. The molecule has 92 valence electrons. The minimum Gasteiger partial charge on any atom is -0.469 e. The predicted molar refractivity (Wildman–Crippen MR) is 64.4 cm³/mol. The summed E-state index contributed by atoms with van der Waals surface area (Å²) in [6, 6.07) is 6.77. The number of nitrogens with two attached hydrogens (primary N) is 1. The lowest BCUT2D eigenvalue weighted by Gasteiger charge is -2.11. The van der Waals surface area contributed by atoms with E-state index in [2.05, 4.69) is 10.1 Å². The molecule has 0 fully saturated rings. The summed E-state index contributed by atoms with van der Waals surface area (Å²) in [5, 5.41) is 2.64. The number of nitrogen functional groups attached to an aromatic ring is 1. The van der Waals surface area contributed by atoms with Gasteiger partial charge in [-0.25, -0.2) is 0 Å². The first kappa shape index (κ1) is 13.0. The van der Waals surface area contributed by atoms with Gasteiger partial charge in [0.1, 0.15) is 0 Å². The number of rotatable bonds is 4. The summed E-state index contributed by atoms with van der Waals surface area (Å²) in [5.74, 6) is -1.03. The molecule has 1 rings (SSSR count). The average molecular weight is 236 g/mol. The van der Waals surface area contributed by atoms with E-state index < -0.39 is 0 Å². The van der Waals surface area contributed by atoms with Gasteiger partial charge in [-0.15, -0.1) is 0 Å². The molecule has 5 heteroatoms. The Kier molecular flexibility index (Phi) is 4.51. The van der Waals surface area contributed by atoms with E-state index >= 15 is 0 Å². The highest BCUT2D eigenvalue weighted by molar-refractivity contribution is 5.99. The Labute approximate surface area is 99.9 Å². The van der Waals surface area contributed by atoms with Crippen LogP contribution in [-0.4, -0.2) is 25.5 Å². The van der Waals surface area contributed by atoms with E-state index in [1.54, 1.807) is 31.2 Å². The van der Waals surface area contributed by atoms with E-state index in [9.17, 15) is 9.59 Å². The Hall–Kier alpha value is -2.04. The number of anilines is 1. The van der Waals surface area contributed by atoms with Gasteiger partial charge < -0.3 is 15.8 Å². The lowest BCUT2D eigenvalue weighted by molar-refractivity contribution is -0.144. The van der Waals surface area contributed by atoms with E-state index in [-0.39, 0.29) is 24.3 Å². The Morgan fingerprint density at radius 1 is 1.41 bits per heavy atom. The van der Waals surface area contributed by atoms with Crippen LogP contribution in [0.3, 0.4) is 0 Å². The lowest BCUT2D eigenvalue weighted by Crippen LogP contribution is -2.32. The fourth-order valence-electron chi connectivity index (χ4n) is 1.33. The van der Waals surface area contributed by atoms with Crippen molar-refractivity contribution < 1.29 is 14.3 Å². The molecular formula is C12H16N2O3. The van der Waals surface area contributed by atoms with Crippen LogP contribution >= 0.6 is 0 Å². The molecule has 0 saturated heterocycles. The largest absolute Gasteiger partial charge is 0.469 e. The summed E-state index contributed by atoms with van der Waals surface area (Å²) >= 11 is 0. The number of para-hydroxylation sites is 1. The summed E-state index contributed by atoms with van der Waals surface area (Å²) in [4.78, 5) is 22.9. The van der Waals surface area contributed by atoms with Gasteiger partial charge >= 0.3 is 5.97 Å². The molecule has 0 bridgehead atoms. The molecule has 5 nitrogen and oxygen atoms in total. The van der Waals surface area contributed by atoms with Gasteiger partial charge in [-0.3, -0.25) is 9.59 Å². The number of esters is 1. The first-order valence-corrected chi connectivity index (χ1v) is 5.26. The molecule has 0 saturated carbocycles. The Bertz CT molecular complexity index is 418. The highest BCUT2D eigenvalue weighted by Crippen LogP contribution is 2.10. The number of nitrogens with one attached hydrogen (secondary N) is 1. The molecule has 0 aliphatic carbocycles. The number of hydrogen-bond acceptors (Lipinski definition) is 4. The summed E-state index contributed by atoms with van der Waals surface area (Å²) in [7, 11) is 1.32. The fraction of sp³-hybridized carbons (Fsp3) is 0.333. The van der Waals surface area contributed by atoms with Crippen molar-refractivity contribution in [3.05, 3.63) is 29.8 Å². The second-order valence-corrected chi connectivity index (χ2v) is 3.72. The molecule has 0 aliphatic rings. The number of amides is 1. The zero-order chi connectivity index (χ0) is 12.8. The second kappa shape index (κ2) is 5.89. The Balaban J connectivity index is 2.57. The molecule has 1 aromatic rings. The fourth-order valence-corrected chi connectivity index (χ4v) is 1.33. The Morgan fingerprint density at radius 2 is 2.06 bits per heavy atom. The summed E-state index contributed by atoms with van der Waals surface area (Å²) < 4.78 is 4.56. The minimum absolute atomic E-state index is 0.222. The van der Waals surface area contributed by atoms with Crippen molar-refractivity contribution in [3.63, 3.8) is 0 Å². The van der Waals surface area contributed by atoms with E-state index in [4.69, 9.17) is 5.73 Å². The van der Waals surface area contributed by atoms with Crippen molar-refractivity contribution in [3.8, 4) is 0 Å². The molecule has 1 atom stereocenters. The predicted octanol–water partition coefficient (Wildman–Crippen LogP) is 0.808. The second-order valence-electron chi connectivity index (χ2n) is 3.72. The number of carbonyl (C=O) groups is 2. The summed E-state index contributed by atoms with van der Waals surface area (Å²) in [5.41, 5.74) is 6.48. The van der Waals surface area contributed by atoms with Crippen LogP contribution in [0.15, 0.2) is 24.3 Å². The molecule has 0 radical (unpaired) electrons.